The maximum atomic E-state index is 13.0. The van der Waals surface area contributed by atoms with Gasteiger partial charge in [-0.25, -0.2) is 0 Å². The van der Waals surface area contributed by atoms with Gasteiger partial charge in [-0.1, -0.05) is 48.2 Å². The van der Waals surface area contributed by atoms with Crippen LogP contribution in [0.2, 0.25) is 10.0 Å². The fourth-order valence-corrected chi connectivity index (χ4v) is 4.02. The highest BCUT2D eigenvalue weighted by Crippen LogP contribution is 2.41. The molecule has 1 heterocycles. The summed E-state index contributed by atoms with van der Waals surface area (Å²) in [5, 5.41) is 13.3. The predicted molar refractivity (Wildman–Crippen MR) is 99.3 cm³/mol. The van der Waals surface area contributed by atoms with Crippen molar-refractivity contribution in [2.24, 2.45) is 0 Å². The lowest BCUT2D eigenvalue weighted by Gasteiger charge is -2.34. The summed E-state index contributed by atoms with van der Waals surface area (Å²) in [5.41, 5.74) is -2.36. The van der Waals surface area contributed by atoms with Crippen molar-refractivity contribution in [1.29, 1.82) is 0 Å². The Morgan fingerprint density at radius 3 is 2.50 bits per heavy atom. The van der Waals surface area contributed by atoms with Crippen LogP contribution < -0.4 is 5.32 Å². The van der Waals surface area contributed by atoms with Gasteiger partial charge in [0.15, 0.2) is 5.69 Å². The molecule has 1 fully saturated rings. The van der Waals surface area contributed by atoms with Crippen molar-refractivity contribution in [1.82, 2.24) is 10.3 Å². The number of carbonyl (C=O) groups excluding carboxylic acids is 1. The Bertz CT molecular complexity index is 884. The highest BCUT2D eigenvalue weighted by molar-refractivity contribution is 6.34. The highest BCUT2D eigenvalue weighted by Gasteiger charge is 2.42. The van der Waals surface area contributed by atoms with Gasteiger partial charge >= 0.3 is 6.18 Å². The van der Waals surface area contributed by atoms with Crippen LogP contribution in [0, 0.1) is 0 Å². The first-order valence-electron chi connectivity index (χ1n) is 8.62. The zero-order chi connectivity index (χ0) is 20.5. The summed E-state index contributed by atoms with van der Waals surface area (Å²) in [4.78, 5) is 16.0. The lowest BCUT2D eigenvalue weighted by molar-refractivity contribution is -0.141. The molecular formula is C19H17Cl2F3N2O2. The Morgan fingerprint density at radius 2 is 1.89 bits per heavy atom. The molecule has 9 heteroatoms. The van der Waals surface area contributed by atoms with Crippen molar-refractivity contribution in [3.8, 4) is 0 Å². The van der Waals surface area contributed by atoms with E-state index < -0.39 is 34.4 Å². The molecule has 2 aromatic rings. The van der Waals surface area contributed by atoms with Gasteiger partial charge in [0.25, 0.3) is 5.91 Å². The first kappa shape index (κ1) is 20.9. The number of alkyl halides is 3. The molecule has 0 saturated heterocycles. The Morgan fingerprint density at radius 1 is 1.21 bits per heavy atom. The number of aromatic nitrogens is 1. The number of aliphatic hydroxyl groups is 1. The fourth-order valence-electron chi connectivity index (χ4n) is 3.52. The Kier molecular flexibility index (Phi) is 5.89. The first-order chi connectivity index (χ1) is 13.1. The van der Waals surface area contributed by atoms with Crippen molar-refractivity contribution < 1.29 is 23.1 Å². The third-order valence-electron chi connectivity index (χ3n) is 4.87. The maximum absolute atomic E-state index is 13.0. The smallest absolute Gasteiger partial charge is 0.387 e. The van der Waals surface area contributed by atoms with E-state index in [1.807, 2.05) is 0 Å². The topological polar surface area (TPSA) is 62.2 Å². The van der Waals surface area contributed by atoms with E-state index in [0.29, 0.717) is 23.4 Å². The van der Waals surface area contributed by atoms with E-state index >= 15 is 0 Å². The van der Waals surface area contributed by atoms with E-state index in [-0.39, 0.29) is 5.56 Å². The van der Waals surface area contributed by atoms with Gasteiger partial charge in [-0.3, -0.25) is 9.78 Å². The third kappa shape index (κ3) is 4.26. The fraction of sp³-hybridized carbons (Fsp3) is 0.368. The van der Waals surface area contributed by atoms with Crippen LogP contribution in [0.5, 0.6) is 0 Å². The van der Waals surface area contributed by atoms with E-state index in [2.05, 4.69) is 10.3 Å². The van der Waals surface area contributed by atoms with Crippen LogP contribution >= 0.6 is 23.2 Å². The molecule has 1 aliphatic rings. The Hall–Kier alpha value is -1.83. The molecule has 4 nitrogen and oxygen atoms in total. The minimum atomic E-state index is -4.79. The molecule has 1 amide bonds. The Balaban J connectivity index is 1.97. The zero-order valence-electron chi connectivity index (χ0n) is 14.6. The number of nitrogens with zero attached hydrogens (tertiary/aromatic N) is 1. The maximum Gasteiger partial charge on any atom is 0.434 e. The van der Waals surface area contributed by atoms with Crippen LogP contribution in [0.25, 0.3) is 0 Å². The van der Waals surface area contributed by atoms with Crippen LogP contribution in [0.15, 0.2) is 36.5 Å². The van der Waals surface area contributed by atoms with Gasteiger partial charge in [-0.05, 0) is 36.6 Å². The second-order valence-corrected chi connectivity index (χ2v) is 7.61. The van der Waals surface area contributed by atoms with Crippen LogP contribution in [0.4, 0.5) is 13.2 Å². The molecule has 1 saturated carbocycles. The zero-order valence-corrected chi connectivity index (χ0v) is 16.1. The molecule has 1 unspecified atom stereocenters. The summed E-state index contributed by atoms with van der Waals surface area (Å²) < 4.78 is 39.1. The normalized spacial score (nSPS) is 17.4. The molecule has 3 rings (SSSR count). The van der Waals surface area contributed by atoms with Crippen molar-refractivity contribution in [3.05, 3.63) is 63.4 Å². The summed E-state index contributed by atoms with van der Waals surface area (Å²) in [6, 6.07) is 6.90. The van der Waals surface area contributed by atoms with Crippen molar-refractivity contribution in [2.45, 2.75) is 43.5 Å². The number of hydrogen-bond donors (Lipinski definition) is 2. The molecule has 0 spiro atoms. The van der Waals surface area contributed by atoms with Gasteiger partial charge in [0.05, 0.1) is 22.2 Å². The van der Waals surface area contributed by atoms with Crippen molar-refractivity contribution in [3.63, 3.8) is 0 Å². The van der Waals surface area contributed by atoms with Gasteiger partial charge < -0.3 is 10.4 Å². The number of hydrogen-bond acceptors (Lipinski definition) is 3. The number of rotatable bonds is 4. The number of pyridine rings is 1. The first-order valence-corrected chi connectivity index (χ1v) is 9.38. The van der Waals surface area contributed by atoms with Crippen LogP contribution in [0.3, 0.4) is 0 Å². The van der Waals surface area contributed by atoms with E-state index in [0.717, 1.165) is 25.1 Å². The second-order valence-electron chi connectivity index (χ2n) is 6.79. The van der Waals surface area contributed by atoms with E-state index in [9.17, 15) is 23.1 Å². The lowest BCUT2D eigenvalue weighted by atomic mass is 9.86. The van der Waals surface area contributed by atoms with E-state index in [4.69, 9.17) is 23.2 Å². The molecule has 0 bridgehead atoms. The number of nitrogens with one attached hydrogen (secondary N) is 1. The summed E-state index contributed by atoms with van der Waals surface area (Å²) in [6.45, 7) is 0. The average molecular weight is 433 g/mol. The van der Waals surface area contributed by atoms with Gasteiger partial charge in [-0.2, -0.15) is 13.2 Å². The molecule has 150 valence electrons. The summed E-state index contributed by atoms with van der Waals surface area (Å²) >= 11 is 11.9. The standard InChI is InChI=1S/C19H17Cl2F3N2O2/c20-12-5-3-4-11(10-12)15(18(28)7-1-2-8-18)26-17(27)13-6-9-25-16(14(13)21)19(22,23)24/h3-6,9-10,15,28H,1-2,7-8H2,(H,26,27). The van der Waals surface area contributed by atoms with Gasteiger partial charge in [0.1, 0.15) is 0 Å². The minimum Gasteiger partial charge on any atom is -0.387 e. The monoisotopic (exact) mass is 432 g/mol. The summed E-state index contributed by atoms with van der Waals surface area (Å²) in [6.07, 6.45) is -1.47. The van der Waals surface area contributed by atoms with Crippen LogP contribution in [0.1, 0.15) is 53.3 Å². The van der Waals surface area contributed by atoms with Crippen molar-refractivity contribution in [2.75, 3.05) is 0 Å². The van der Waals surface area contributed by atoms with Crippen LogP contribution in [-0.2, 0) is 6.18 Å². The molecule has 1 aliphatic carbocycles. The third-order valence-corrected chi connectivity index (χ3v) is 5.48. The van der Waals surface area contributed by atoms with Gasteiger partial charge in [0.2, 0.25) is 0 Å². The number of amides is 1. The molecule has 28 heavy (non-hydrogen) atoms. The summed E-state index contributed by atoms with van der Waals surface area (Å²) in [7, 11) is 0. The highest BCUT2D eigenvalue weighted by atomic mass is 35.5. The molecule has 0 aliphatic heterocycles. The molecule has 2 N–H and O–H groups in total. The number of carbonyl (C=O) groups is 1. The molecule has 1 atom stereocenters. The minimum absolute atomic E-state index is 0.363. The lowest BCUT2D eigenvalue weighted by Crippen LogP contribution is -2.44. The Labute approximate surface area is 169 Å². The molecule has 0 radical (unpaired) electrons. The second kappa shape index (κ2) is 7.89. The van der Waals surface area contributed by atoms with Crippen LogP contribution in [-0.4, -0.2) is 21.6 Å². The van der Waals surface area contributed by atoms with Gasteiger partial charge in [-0.15, -0.1) is 0 Å². The number of halogens is 5. The number of benzene rings is 1. The SMILES string of the molecule is O=C(NC(c1cccc(Cl)c1)C1(O)CCCC1)c1ccnc(C(F)(F)F)c1Cl. The molecule has 1 aromatic heterocycles. The molecular weight excluding hydrogens is 416 g/mol. The largest absolute Gasteiger partial charge is 0.434 e. The predicted octanol–water partition coefficient (Wildman–Crippen LogP) is 5.18. The van der Waals surface area contributed by atoms with Gasteiger partial charge in [0, 0.05) is 11.2 Å². The van der Waals surface area contributed by atoms with E-state index in [1.165, 1.54) is 0 Å². The molecule has 1 aromatic carbocycles. The van der Waals surface area contributed by atoms with Crippen molar-refractivity contribution >= 4 is 29.1 Å². The summed E-state index contributed by atoms with van der Waals surface area (Å²) in [5.74, 6) is -0.830. The van der Waals surface area contributed by atoms with E-state index in [1.54, 1.807) is 24.3 Å². The quantitative estimate of drug-likeness (QED) is 0.699. The average Bonchev–Trinajstić information content (AvgIpc) is 3.06.